The minimum atomic E-state index is -3.21. The van der Waals surface area contributed by atoms with Gasteiger partial charge in [-0.15, -0.1) is 0 Å². The van der Waals surface area contributed by atoms with E-state index < -0.39 is 15.9 Å². The molecule has 1 heterocycles. The van der Waals surface area contributed by atoms with Crippen molar-refractivity contribution in [3.05, 3.63) is 41.3 Å². The summed E-state index contributed by atoms with van der Waals surface area (Å²) in [4.78, 5) is 15.0. The number of carbonyl (C=O) groups excluding carboxylic acids is 1. The van der Waals surface area contributed by atoms with Crippen LogP contribution in [0.2, 0.25) is 0 Å². The number of hydrogen-bond acceptors (Lipinski definition) is 3. The zero-order chi connectivity index (χ0) is 17.2. The normalized spacial score (nSPS) is 23.3. The molecule has 0 spiro atoms. The SMILES string of the molecule is CCc1ccccc1N(C(=O)C1CCCCC1)[C@@H]1C=CS(=O)(=O)C1. The van der Waals surface area contributed by atoms with Crippen LogP contribution >= 0.6 is 0 Å². The van der Waals surface area contributed by atoms with Crippen molar-refractivity contribution in [1.29, 1.82) is 0 Å². The van der Waals surface area contributed by atoms with E-state index in [0.29, 0.717) is 0 Å². The number of rotatable bonds is 4. The van der Waals surface area contributed by atoms with Crippen molar-refractivity contribution >= 4 is 21.4 Å². The summed E-state index contributed by atoms with van der Waals surface area (Å²) in [7, 11) is -3.21. The molecule has 1 saturated carbocycles. The summed E-state index contributed by atoms with van der Waals surface area (Å²) in [6.07, 6.45) is 7.65. The second-order valence-electron chi connectivity index (χ2n) is 6.75. The molecule has 0 bridgehead atoms. The number of benzene rings is 1. The molecule has 1 amide bonds. The highest BCUT2D eigenvalue weighted by molar-refractivity contribution is 7.94. The van der Waals surface area contributed by atoms with Gasteiger partial charge in [0.05, 0.1) is 11.8 Å². The molecule has 3 rings (SSSR count). The first kappa shape index (κ1) is 17.2. The Balaban J connectivity index is 1.97. The molecule has 0 unspecified atom stereocenters. The molecule has 1 aromatic carbocycles. The first-order valence-corrected chi connectivity index (χ1v) is 10.6. The van der Waals surface area contributed by atoms with Crippen LogP contribution in [0, 0.1) is 5.92 Å². The van der Waals surface area contributed by atoms with Crippen molar-refractivity contribution in [3.8, 4) is 0 Å². The second kappa shape index (κ2) is 7.09. The van der Waals surface area contributed by atoms with Crippen LogP contribution in [0.3, 0.4) is 0 Å². The Hall–Kier alpha value is -1.62. The van der Waals surface area contributed by atoms with Crippen LogP contribution in [0.4, 0.5) is 5.69 Å². The molecule has 130 valence electrons. The number of aryl methyl sites for hydroxylation is 1. The fraction of sp³-hybridized carbons (Fsp3) is 0.526. The predicted molar refractivity (Wildman–Crippen MR) is 96.6 cm³/mol. The van der Waals surface area contributed by atoms with Crippen LogP contribution in [-0.2, 0) is 21.1 Å². The van der Waals surface area contributed by atoms with Crippen molar-refractivity contribution in [2.24, 2.45) is 5.92 Å². The van der Waals surface area contributed by atoms with Crippen molar-refractivity contribution in [3.63, 3.8) is 0 Å². The maximum atomic E-state index is 13.3. The highest BCUT2D eigenvalue weighted by Crippen LogP contribution is 2.32. The van der Waals surface area contributed by atoms with Crippen molar-refractivity contribution in [1.82, 2.24) is 0 Å². The zero-order valence-corrected chi connectivity index (χ0v) is 15.0. The molecule has 0 radical (unpaired) electrons. The first-order chi connectivity index (χ1) is 11.5. The topological polar surface area (TPSA) is 54.5 Å². The lowest BCUT2D eigenvalue weighted by atomic mass is 9.87. The predicted octanol–water partition coefficient (Wildman–Crippen LogP) is 3.47. The van der Waals surface area contributed by atoms with Gasteiger partial charge in [0.1, 0.15) is 0 Å². The van der Waals surface area contributed by atoms with Gasteiger partial charge in [0.2, 0.25) is 5.91 Å². The average molecular weight is 347 g/mol. The molecule has 1 aromatic rings. The molecule has 0 saturated heterocycles. The number of anilines is 1. The van der Waals surface area contributed by atoms with Gasteiger partial charge in [-0.25, -0.2) is 8.42 Å². The lowest BCUT2D eigenvalue weighted by molar-refractivity contribution is -0.123. The largest absolute Gasteiger partial charge is 0.304 e. The monoisotopic (exact) mass is 347 g/mol. The Morgan fingerprint density at radius 1 is 1.17 bits per heavy atom. The molecule has 24 heavy (non-hydrogen) atoms. The van der Waals surface area contributed by atoms with Crippen molar-refractivity contribution in [2.45, 2.75) is 51.5 Å². The fourth-order valence-corrected chi connectivity index (χ4v) is 5.04. The number of sulfone groups is 1. The lowest BCUT2D eigenvalue weighted by Crippen LogP contribution is -2.45. The Labute approximate surface area is 144 Å². The third kappa shape index (κ3) is 3.56. The van der Waals surface area contributed by atoms with Gasteiger partial charge < -0.3 is 4.90 Å². The molecular formula is C19H25NO3S. The molecule has 1 atom stereocenters. The number of nitrogens with zero attached hydrogens (tertiary/aromatic N) is 1. The van der Waals surface area contributed by atoms with Gasteiger partial charge in [0.25, 0.3) is 0 Å². The summed E-state index contributed by atoms with van der Waals surface area (Å²) < 4.78 is 23.8. The highest BCUT2D eigenvalue weighted by Gasteiger charge is 2.35. The van der Waals surface area contributed by atoms with Crippen LogP contribution in [0.25, 0.3) is 0 Å². The molecule has 1 fully saturated rings. The zero-order valence-electron chi connectivity index (χ0n) is 14.1. The van der Waals surface area contributed by atoms with Crippen molar-refractivity contribution < 1.29 is 13.2 Å². The number of para-hydroxylation sites is 1. The molecule has 4 nitrogen and oxygen atoms in total. The highest BCUT2D eigenvalue weighted by atomic mass is 32.2. The Morgan fingerprint density at radius 2 is 1.88 bits per heavy atom. The van der Waals surface area contributed by atoms with Gasteiger partial charge in [-0.1, -0.05) is 44.4 Å². The third-order valence-corrected chi connectivity index (χ3v) is 6.44. The van der Waals surface area contributed by atoms with Gasteiger partial charge in [-0.2, -0.15) is 0 Å². The minimum absolute atomic E-state index is 0.0104. The van der Waals surface area contributed by atoms with Crippen LogP contribution in [0.5, 0.6) is 0 Å². The molecule has 0 aromatic heterocycles. The van der Waals surface area contributed by atoms with Crippen molar-refractivity contribution in [2.75, 3.05) is 10.7 Å². The van der Waals surface area contributed by atoms with Crippen LogP contribution < -0.4 is 4.90 Å². The second-order valence-corrected chi connectivity index (χ2v) is 8.68. The molecule has 1 aliphatic carbocycles. The molecule has 1 aliphatic heterocycles. The van der Waals surface area contributed by atoms with Crippen LogP contribution in [-0.4, -0.2) is 26.1 Å². The van der Waals surface area contributed by atoms with E-state index in [1.165, 1.54) is 11.8 Å². The van der Waals surface area contributed by atoms with E-state index in [1.807, 2.05) is 24.3 Å². The van der Waals surface area contributed by atoms with Crippen LogP contribution in [0.15, 0.2) is 35.7 Å². The lowest BCUT2D eigenvalue weighted by Gasteiger charge is -2.34. The summed E-state index contributed by atoms with van der Waals surface area (Å²) in [6, 6.07) is 7.45. The van der Waals surface area contributed by atoms with E-state index in [1.54, 1.807) is 11.0 Å². The number of hydrogen-bond donors (Lipinski definition) is 0. The summed E-state index contributed by atoms with van der Waals surface area (Å²) in [5.74, 6) is 0.0893. The number of carbonyl (C=O) groups is 1. The van der Waals surface area contributed by atoms with Gasteiger partial charge >= 0.3 is 0 Å². The smallest absolute Gasteiger partial charge is 0.230 e. The van der Waals surface area contributed by atoms with Gasteiger partial charge in [-0.05, 0) is 37.0 Å². The number of amides is 1. The Bertz CT molecular complexity index is 733. The third-order valence-electron chi connectivity index (χ3n) is 5.07. The Kier molecular flexibility index (Phi) is 5.09. The van der Waals surface area contributed by atoms with Gasteiger partial charge in [-0.3, -0.25) is 4.79 Å². The fourth-order valence-electron chi connectivity index (χ4n) is 3.77. The molecule has 2 aliphatic rings. The molecule has 0 N–H and O–H groups in total. The van der Waals surface area contributed by atoms with E-state index in [0.717, 1.165) is 43.4 Å². The first-order valence-electron chi connectivity index (χ1n) is 8.84. The average Bonchev–Trinajstić information content (AvgIpc) is 2.96. The van der Waals surface area contributed by atoms with Crippen LogP contribution in [0.1, 0.15) is 44.6 Å². The van der Waals surface area contributed by atoms with E-state index >= 15 is 0 Å². The van der Waals surface area contributed by atoms with Gasteiger partial charge in [0.15, 0.2) is 9.84 Å². The quantitative estimate of drug-likeness (QED) is 0.838. The summed E-state index contributed by atoms with van der Waals surface area (Å²) in [5.41, 5.74) is 1.95. The van der Waals surface area contributed by atoms with E-state index in [4.69, 9.17) is 0 Å². The van der Waals surface area contributed by atoms with E-state index in [9.17, 15) is 13.2 Å². The maximum absolute atomic E-state index is 13.3. The summed E-state index contributed by atoms with van der Waals surface area (Å²) in [6.45, 7) is 2.06. The summed E-state index contributed by atoms with van der Waals surface area (Å²) >= 11 is 0. The minimum Gasteiger partial charge on any atom is -0.304 e. The molecular weight excluding hydrogens is 322 g/mol. The van der Waals surface area contributed by atoms with Gasteiger partial charge in [0, 0.05) is 17.0 Å². The summed E-state index contributed by atoms with van der Waals surface area (Å²) in [5, 5.41) is 1.26. The molecule has 5 heteroatoms. The van der Waals surface area contributed by atoms with E-state index in [-0.39, 0.29) is 17.6 Å². The Morgan fingerprint density at radius 3 is 2.50 bits per heavy atom. The van der Waals surface area contributed by atoms with E-state index in [2.05, 4.69) is 6.92 Å². The standard InChI is InChI=1S/C19H25NO3S/c1-2-15-8-6-7-11-18(15)20(17-12-13-24(22,23)14-17)19(21)16-9-4-3-5-10-16/h6-8,11-13,16-17H,2-5,9-10,14H2,1H3/t17-/m1/s1. The maximum Gasteiger partial charge on any atom is 0.230 e.